The fraction of sp³-hybridized carbons (Fsp3) is 0.214. The number of nitrogens with zero attached hydrogens (tertiary/aromatic N) is 1. The molecule has 6 heteroatoms. The van der Waals surface area contributed by atoms with Crippen molar-refractivity contribution in [3.63, 3.8) is 0 Å². The molecule has 1 aliphatic rings. The van der Waals surface area contributed by atoms with Gasteiger partial charge in [0.1, 0.15) is 23.9 Å². The summed E-state index contributed by atoms with van der Waals surface area (Å²) in [6.45, 7) is 4.50. The number of amides is 1. The molecule has 0 radical (unpaired) electrons. The lowest BCUT2D eigenvalue weighted by atomic mass is 9.94. The third-order valence-corrected chi connectivity index (χ3v) is 5.88. The minimum Gasteiger partial charge on any atom is -0.507 e. The van der Waals surface area contributed by atoms with Crippen molar-refractivity contribution in [3.8, 4) is 5.75 Å². The average Bonchev–Trinajstić information content (AvgIpc) is 3.09. The molecule has 4 rings (SSSR count). The van der Waals surface area contributed by atoms with E-state index in [9.17, 15) is 19.1 Å². The summed E-state index contributed by atoms with van der Waals surface area (Å²) in [4.78, 5) is 27.2. The van der Waals surface area contributed by atoms with Crippen molar-refractivity contribution < 1.29 is 23.8 Å². The van der Waals surface area contributed by atoms with Crippen molar-refractivity contribution in [2.75, 3.05) is 6.54 Å². The van der Waals surface area contributed by atoms with Crippen LogP contribution in [0.3, 0.4) is 0 Å². The van der Waals surface area contributed by atoms with Crippen molar-refractivity contribution in [3.05, 3.63) is 106 Å². The first-order valence-corrected chi connectivity index (χ1v) is 11.2. The molecule has 1 amide bonds. The third-order valence-electron chi connectivity index (χ3n) is 5.88. The maximum absolute atomic E-state index is 13.5. The average molecular weight is 460 g/mol. The van der Waals surface area contributed by atoms with Gasteiger partial charge in [-0.25, -0.2) is 4.39 Å². The summed E-state index contributed by atoms with van der Waals surface area (Å²) >= 11 is 0. The highest BCUT2D eigenvalue weighted by atomic mass is 19.1. The normalized spacial score (nSPS) is 17.3. The number of aliphatic hydroxyl groups is 1. The number of aryl methyl sites for hydroxylation is 1. The maximum Gasteiger partial charge on any atom is 0.295 e. The van der Waals surface area contributed by atoms with Crippen LogP contribution in [-0.2, 0) is 16.2 Å². The number of hydrogen-bond donors (Lipinski definition) is 1. The van der Waals surface area contributed by atoms with Gasteiger partial charge in [-0.05, 0) is 60.4 Å². The van der Waals surface area contributed by atoms with Crippen LogP contribution in [0.1, 0.15) is 41.6 Å². The molecule has 3 aromatic rings. The van der Waals surface area contributed by atoms with Crippen molar-refractivity contribution in [1.29, 1.82) is 0 Å². The van der Waals surface area contributed by atoms with Crippen LogP contribution in [0.15, 0.2) is 78.4 Å². The smallest absolute Gasteiger partial charge is 0.295 e. The van der Waals surface area contributed by atoms with E-state index >= 15 is 0 Å². The molecule has 174 valence electrons. The summed E-state index contributed by atoms with van der Waals surface area (Å²) in [5.74, 6) is -1.44. The Bertz CT molecular complexity index is 1240. The molecule has 5 nitrogen and oxygen atoms in total. The van der Waals surface area contributed by atoms with Crippen LogP contribution in [0.5, 0.6) is 5.75 Å². The van der Waals surface area contributed by atoms with Crippen molar-refractivity contribution in [2.45, 2.75) is 32.9 Å². The van der Waals surface area contributed by atoms with Crippen LogP contribution in [0.2, 0.25) is 0 Å². The number of hydrogen-bond acceptors (Lipinski definition) is 4. The van der Waals surface area contributed by atoms with E-state index in [1.807, 2.05) is 44.2 Å². The molecule has 1 fully saturated rings. The van der Waals surface area contributed by atoms with Gasteiger partial charge in [0.05, 0.1) is 11.6 Å². The zero-order valence-electron chi connectivity index (χ0n) is 19.1. The second-order valence-corrected chi connectivity index (χ2v) is 8.30. The quantitative estimate of drug-likeness (QED) is 0.286. The molecule has 0 saturated carbocycles. The number of benzene rings is 3. The topological polar surface area (TPSA) is 66.8 Å². The van der Waals surface area contributed by atoms with Crippen molar-refractivity contribution in [1.82, 2.24) is 4.90 Å². The van der Waals surface area contributed by atoms with E-state index in [0.29, 0.717) is 36.4 Å². The number of carbonyl (C=O) groups excluding carboxylic acids is 2. The van der Waals surface area contributed by atoms with Crippen LogP contribution in [0, 0.1) is 12.7 Å². The molecule has 0 spiro atoms. The van der Waals surface area contributed by atoms with Gasteiger partial charge in [-0.15, -0.1) is 0 Å². The molecule has 3 aromatic carbocycles. The Labute approximate surface area is 198 Å². The largest absolute Gasteiger partial charge is 0.507 e. The standard InChI is InChI=1S/C28H26FNO4/c1-3-15-30-25(20-9-12-22(29)13-10-20)24(27(32)28(30)33)26(31)21-11-14-23(18(2)16-21)34-17-19-7-5-4-6-8-19/h4-14,16,25,31H,3,15,17H2,1-2H3/b26-24-. The van der Waals surface area contributed by atoms with E-state index in [-0.39, 0.29) is 11.3 Å². The highest BCUT2D eigenvalue weighted by Gasteiger charge is 2.45. The number of Topliss-reactive ketones (excluding diaryl/α,β-unsaturated/α-hetero) is 1. The molecule has 1 aliphatic heterocycles. The van der Waals surface area contributed by atoms with Crippen LogP contribution < -0.4 is 4.74 Å². The number of halogens is 1. The molecule has 0 bridgehead atoms. The molecule has 1 N–H and O–H groups in total. The zero-order chi connectivity index (χ0) is 24.2. The number of aliphatic hydroxyl groups excluding tert-OH is 1. The molecule has 1 heterocycles. The molecular formula is C28H26FNO4. The van der Waals surface area contributed by atoms with Gasteiger partial charge in [0.2, 0.25) is 0 Å². The van der Waals surface area contributed by atoms with Gasteiger partial charge in [0.25, 0.3) is 11.7 Å². The lowest BCUT2D eigenvalue weighted by Gasteiger charge is -2.25. The summed E-state index contributed by atoms with van der Waals surface area (Å²) in [5, 5.41) is 11.2. The summed E-state index contributed by atoms with van der Waals surface area (Å²) in [7, 11) is 0. The molecular weight excluding hydrogens is 433 g/mol. The van der Waals surface area contributed by atoms with E-state index in [0.717, 1.165) is 11.1 Å². The third kappa shape index (κ3) is 4.57. The Kier molecular flexibility index (Phi) is 6.77. The number of carbonyl (C=O) groups is 2. The van der Waals surface area contributed by atoms with Crippen LogP contribution in [-0.4, -0.2) is 28.2 Å². The Morgan fingerprint density at radius 1 is 1.03 bits per heavy atom. The number of ether oxygens (including phenoxy) is 1. The molecule has 1 saturated heterocycles. The van der Waals surface area contributed by atoms with Gasteiger partial charge in [-0.2, -0.15) is 0 Å². The first-order chi connectivity index (χ1) is 16.4. The van der Waals surface area contributed by atoms with E-state index in [1.54, 1.807) is 18.2 Å². The molecule has 34 heavy (non-hydrogen) atoms. The summed E-state index contributed by atoms with van der Waals surface area (Å²) in [6.07, 6.45) is 0.636. The summed E-state index contributed by atoms with van der Waals surface area (Å²) in [5.41, 5.74) is 2.79. The van der Waals surface area contributed by atoms with E-state index in [2.05, 4.69) is 0 Å². The number of likely N-dealkylation sites (tertiary alicyclic amines) is 1. The first-order valence-electron chi connectivity index (χ1n) is 11.2. The van der Waals surface area contributed by atoms with E-state index in [1.165, 1.54) is 29.2 Å². The number of rotatable bonds is 7. The second kappa shape index (κ2) is 9.91. The van der Waals surface area contributed by atoms with Gasteiger partial charge in [0, 0.05) is 12.1 Å². The minimum absolute atomic E-state index is 0.00223. The number of ketones is 1. The lowest BCUT2D eigenvalue weighted by molar-refractivity contribution is -0.139. The summed E-state index contributed by atoms with van der Waals surface area (Å²) in [6, 6.07) is 19.8. The predicted molar refractivity (Wildman–Crippen MR) is 128 cm³/mol. The molecule has 1 unspecified atom stereocenters. The fourth-order valence-corrected chi connectivity index (χ4v) is 4.19. The summed E-state index contributed by atoms with van der Waals surface area (Å²) < 4.78 is 19.4. The zero-order valence-corrected chi connectivity index (χ0v) is 19.1. The minimum atomic E-state index is -0.783. The van der Waals surface area contributed by atoms with Crippen LogP contribution in [0.4, 0.5) is 4.39 Å². The molecule has 1 atom stereocenters. The van der Waals surface area contributed by atoms with Gasteiger partial charge >= 0.3 is 0 Å². The van der Waals surface area contributed by atoms with Gasteiger partial charge in [0.15, 0.2) is 0 Å². The molecule has 0 aromatic heterocycles. The second-order valence-electron chi connectivity index (χ2n) is 8.30. The highest BCUT2D eigenvalue weighted by molar-refractivity contribution is 6.46. The Hall–Kier alpha value is -3.93. The van der Waals surface area contributed by atoms with Crippen LogP contribution in [0.25, 0.3) is 5.76 Å². The fourth-order valence-electron chi connectivity index (χ4n) is 4.19. The van der Waals surface area contributed by atoms with Gasteiger partial charge in [-0.3, -0.25) is 9.59 Å². The van der Waals surface area contributed by atoms with Gasteiger partial charge in [-0.1, -0.05) is 49.4 Å². The molecule has 0 aliphatic carbocycles. The predicted octanol–water partition coefficient (Wildman–Crippen LogP) is 5.54. The SMILES string of the molecule is CCCN1C(=O)C(=O)/C(=C(\O)c2ccc(OCc3ccccc3)c(C)c2)C1c1ccc(F)cc1. The Morgan fingerprint density at radius 2 is 1.74 bits per heavy atom. The van der Waals surface area contributed by atoms with Crippen molar-refractivity contribution >= 4 is 17.4 Å². The van der Waals surface area contributed by atoms with Gasteiger partial charge < -0.3 is 14.7 Å². The van der Waals surface area contributed by atoms with Crippen molar-refractivity contribution in [2.24, 2.45) is 0 Å². The highest BCUT2D eigenvalue weighted by Crippen LogP contribution is 2.40. The van der Waals surface area contributed by atoms with E-state index < -0.39 is 23.5 Å². The monoisotopic (exact) mass is 459 g/mol. The Morgan fingerprint density at radius 3 is 2.38 bits per heavy atom. The lowest BCUT2D eigenvalue weighted by Crippen LogP contribution is -2.30. The first kappa shape index (κ1) is 23.2. The Balaban J connectivity index is 1.69. The maximum atomic E-state index is 13.5. The van der Waals surface area contributed by atoms with E-state index in [4.69, 9.17) is 4.74 Å². The van der Waals surface area contributed by atoms with Crippen LogP contribution >= 0.6 is 0 Å².